The smallest absolute Gasteiger partial charge is 0.319 e. The molecule has 0 bridgehead atoms. The summed E-state index contributed by atoms with van der Waals surface area (Å²) in [4.78, 5) is 12.0. The predicted octanol–water partition coefficient (Wildman–Crippen LogP) is 2.95. The van der Waals surface area contributed by atoms with Crippen LogP contribution in [0.5, 0.6) is 0 Å². The molecule has 1 saturated heterocycles. The number of amides is 2. The van der Waals surface area contributed by atoms with Crippen molar-refractivity contribution in [2.45, 2.75) is 25.9 Å². The Bertz CT molecular complexity index is 465. The minimum Gasteiger partial charge on any atom is -0.376 e. The Morgan fingerprint density at radius 2 is 2.05 bits per heavy atom. The SMILES string of the molecule is COC1(CNC(=O)Nc2cc(C)cc(C)c2)CCSC1. The second kappa shape index (κ2) is 6.50. The molecule has 1 unspecified atom stereocenters. The lowest BCUT2D eigenvalue weighted by Crippen LogP contribution is -2.45. The predicted molar refractivity (Wildman–Crippen MR) is 84.6 cm³/mol. The highest BCUT2D eigenvalue weighted by atomic mass is 32.2. The maximum atomic E-state index is 12.0. The van der Waals surface area contributed by atoms with Gasteiger partial charge in [-0.25, -0.2) is 4.79 Å². The summed E-state index contributed by atoms with van der Waals surface area (Å²) in [6, 6.07) is 5.83. The van der Waals surface area contributed by atoms with Crippen LogP contribution in [-0.2, 0) is 4.74 Å². The maximum Gasteiger partial charge on any atom is 0.319 e. The van der Waals surface area contributed by atoms with Gasteiger partial charge in [0.25, 0.3) is 0 Å². The number of benzene rings is 1. The number of nitrogens with one attached hydrogen (secondary N) is 2. The second-order valence-electron chi connectivity index (χ2n) is 5.37. The second-order valence-corrected chi connectivity index (χ2v) is 6.48. The fourth-order valence-electron chi connectivity index (χ4n) is 2.42. The number of methoxy groups -OCH3 is 1. The van der Waals surface area contributed by atoms with Gasteiger partial charge in [-0.3, -0.25) is 0 Å². The van der Waals surface area contributed by atoms with Gasteiger partial charge in [0.2, 0.25) is 0 Å². The van der Waals surface area contributed by atoms with E-state index in [0.29, 0.717) is 6.54 Å². The number of ether oxygens (including phenoxy) is 1. The summed E-state index contributed by atoms with van der Waals surface area (Å²) in [5.41, 5.74) is 2.90. The normalized spacial score (nSPS) is 21.8. The number of aryl methyl sites for hydroxylation is 2. The van der Waals surface area contributed by atoms with Gasteiger partial charge in [-0.1, -0.05) is 6.07 Å². The summed E-state index contributed by atoms with van der Waals surface area (Å²) >= 11 is 1.87. The Balaban J connectivity index is 1.89. The summed E-state index contributed by atoms with van der Waals surface area (Å²) in [7, 11) is 1.72. The van der Waals surface area contributed by atoms with Gasteiger partial charge in [-0.15, -0.1) is 0 Å². The van der Waals surface area contributed by atoms with E-state index in [9.17, 15) is 4.79 Å². The molecule has 1 heterocycles. The van der Waals surface area contributed by atoms with E-state index in [2.05, 4.69) is 16.7 Å². The average molecular weight is 294 g/mol. The van der Waals surface area contributed by atoms with Crippen molar-refractivity contribution in [3.05, 3.63) is 29.3 Å². The van der Waals surface area contributed by atoms with E-state index in [1.807, 2.05) is 37.7 Å². The molecular formula is C15H22N2O2S. The molecule has 1 aliphatic heterocycles. The third-order valence-electron chi connectivity index (χ3n) is 3.55. The summed E-state index contributed by atoms with van der Waals surface area (Å²) in [6.07, 6.45) is 0.984. The van der Waals surface area contributed by atoms with Crippen LogP contribution < -0.4 is 10.6 Å². The van der Waals surface area contributed by atoms with Crippen molar-refractivity contribution >= 4 is 23.5 Å². The van der Waals surface area contributed by atoms with Crippen molar-refractivity contribution < 1.29 is 9.53 Å². The molecule has 0 spiro atoms. The Morgan fingerprint density at radius 3 is 2.60 bits per heavy atom. The standard InChI is InChI=1S/C15H22N2O2S/c1-11-6-12(2)8-13(7-11)17-14(18)16-9-15(19-3)4-5-20-10-15/h6-8H,4-5,9-10H2,1-3H3,(H2,16,17,18). The number of thioether (sulfide) groups is 1. The van der Waals surface area contributed by atoms with Gasteiger partial charge in [0.1, 0.15) is 0 Å². The maximum absolute atomic E-state index is 12.0. The van der Waals surface area contributed by atoms with Crippen LogP contribution in [-0.4, -0.2) is 36.8 Å². The number of urea groups is 1. The van der Waals surface area contributed by atoms with Crippen molar-refractivity contribution in [1.82, 2.24) is 5.32 Å². The molecule has 1 aromatic carbocycles. The number of hydrogen-bond donors (Lipinski definition) is 2. The van der Waals surface area contributed by atoms with Crippen molar-refractivity contribution in [2.24, 2.45) is 0 Å². The lowest BCUT2D eigenvalue weighted by Gasteiger charge is -2.26. The first-order chi connectivity index (χ1) is 9.53. The molecule has 0 saturated carbocycles. The molecule has 5 heteroatoms. The molecule has 1 atom stereocenters. The largest absolute Gasteiger partial charge is 0.376 e. The average Bonchev–Trinajstić information content (AvgIpc) is 2.84. The van der Waals surface area contributed by atoms with E-state index >= 15 is 0 Å². The van der Waals surface area contributed by atoms with Crippen molar-refractivity contribution in [3.8, 4) is 0 Å². The molecule has 0 radical (unpaired) electrons. The highest BCUT2D eigenvalue weighted by Crippen LogP contribution is 2.30. The molecular weight excluding hydrogens is 272 g/mol. The first-order valence-corrected chi connectivity index (χ1v) is 7.94. The van der Waals surface area contributed by atoms with Crippen molar-refractivity contribution in [3.63, 3.8) is 0 Å². The summed E-state index contributed by atoms with van der Waals surface area (Å²) in [5.74, 6) is 2.03. The first-order valence-electron chi connectivity index (χ1n) is 6.79. The molecule has 1 fully saturated rings. The monoisotopic (exact) mass is 294 g/mol. The Labute approximate surface area is 124 Å². The zero-order valence-electron chi connectivity index (χ0n) is 12.3. The summed E-state index contributed by atoms with van der Waals surface area (Å²) in [5, 5.41) is 5.79. The van der Waals surface area contributed by atoms with E-state index in [1.165, 1.54) is 0 Å². The molecule has 20 heavy (non-hydrogen) atoms. The molecule has 1 aromatic rings. The summed E-state index contributed by atoms with van der Waals surface area (Å²) < 4.78 is 5.57. The number of rotatable bonds is 4. The molecule has 1 aliphatic rings. The van der Waals surface area contributed by atoms with Crippen LogP contribution in [0.3, 0.4) is 0 Å². The van der Waals surface area contributed by atoms with Crippen LogP contribution in [0, 0.1) is 13.8 Å². The van der Waals surface area contributed by atoms with E-state index in [0.717, 1.165) is 34.7 Å². The van der Waals surface area contributed by atoms with Crippen LogP contribution in [0.4, 0.5) is 10.5 Å². The van der Waals surface area contributed by atoms with Gasteiger partial charge < -0.3 is 15.4 Å². The summed E-state index contributed by atoms with van der Waals surface area (Å²) in [6.45, 7) is 4.59. The highest BCUT2D eigenvalue weighted by molar-refractivity contribution is 7.99. The van der Waals surface area contributed by atoms with Crippen LogP contribution in [0.25, 0.3) is 0 Å². The molecule has 2 amide bonds. The quantitative estimate of drug-likeness (QED) is 0.897. The Kier molecular flexibility index (Phi) is 4.94. The van der Waals surface area contributed by atoms with Crippen molar-refractivity contribution in [1.29, 1.82) is 0 Å². The van der Waals surface area contributed by atoms with Crippen LogP contribution in [0.1, 0.15) is 17.5 Å². The third-order valence-corrected chi connectivity index (χ3v) is 4.77. The van der Waals surface area contributed by atoms with Crippen LogP contribution in [0.2, 0.25) is 0 Å². The van der Waals surface area contributed by atoms with E-state index in [-0.39, 0.29) is 11.6 Å². The van der Waals surface area contributed by atoms with Gasteiger partial charge in [-0.2, -0.15) is 11.8 Å². The minimum absolute atomic E-state index is 0.177. The first kappa shape index (κ1) is 15.2. The van der Waals surface area contributed by atoms with Crippen molar-refractivity contribution in [2.75, 3.05) is 30.5 Å². The Hall–Kier alpha value is -1.20. The van der Waals surface area contributed by atoms with Gasteiger partial charge >= 0.3 is 6.03 Å². The molecule has 4 nitrogen and oxygen atoms in total. The van der Waals surface area contributed by atoms with E-state index < -0.39 is 0 Å². The van der Waals surface area contributed by atoms with Gasteiger partial charge in [-0.05, 0) is 49.3 Å². The minimum atomic E-state index is -0.204. The molecule has 0 aromatic heterocycles. The number of carbonyl (C=O) groups is 1. The van der Waals surface area contributed by atoms with Gasteiger partial charge in [0.05, 0.1) is 5.60 Å². The molecule has 0 aliphatic carbocycles. The third kappa shape index (κ3) is 3.90. The highest BCUT2D eigenvalue weighted by Gasteiger charge is 2.34. The fraction of sp³-hybridized carbons (Fsp3) is 0.533. The van der Waals surface area contributed by atoms with Crippen LogP contribution in [0.15, 0.2) is 18.2 Å². The zero-order valence-corrected chi connectivity index (χ0v) is 13.1. The molecule has 110 valence electrons. The lowest BCUT2D eigenvalue weighted by atomic mass is 10.0. The number of hydrogen-bond acceptors (Lipinski definition) is 3. The molecule has 2 rings (SSSR count). The van der Waals surface area contributed by atoms with Crippen LogP contribution >= 0.6 is 11.8 Å². The van der Waals surface area contributed by atoms with Gasteiger partial charge in [0.15, 0.2) is 0 Å². The number of anilines is 1. The zero-order chi connectivity index (χ0) is 14.6. The van der Waals surface area contributed by atoms with Gasteiger partial charge in [0, 0.05) is 25.1 Å². The topological polar surface area (TPSA) is 50.4 Å². The Morgan fingerprint density at radius 1 is 1.35 bits per heavy atom. The number of carbonyl (C=O) groups excluding carboxylic acids is 1. The fourth-order valence-corrected chi connectivity index (χ4v) is 3.82. The lowest BCUT2D eigenvalue weighted by molar-refractivity contribution is 0.0161. The van der Waals surface area contributed by atoms with E-state index in [1.54, 1.807) is 7.11 Å². The molecule has 2 N–H and O–H groups in total. The van der Waals surface area contributed by atoms with E-state index in [4.69, 9.17) is 4.74 Å².